The Labute approximate surface area is 91.1 Å². The number of aryl methyl sites for hydroxylation is 1. The van der Waals surface area contributed by atoms with Crippen molar-refractivity contribution in [2.45, 2.75) is 0 Å². The molecular formula is C11H10N2O3. The van der Waals surface area contributed by atoms with Crippen molar-refractivity contribution in [2.75, 3.05) is 0 Å². The van der Waals surface area contributed by atoms with Gasteiger partial charge in [-0.1, -0.05) is 30.3 Å². The zero-order valence-electron chi connectivity index (χ0n) is 8.64. The third-order valence-corrected chi connectivity index (χ3v) is 2.27. The van der Waals surface area contributed by atoms with Crippen molar-refractivity contribution < 1.29 is 9.32 Å². The van der Waals surface area contributed by atoms with E-state index in [0.29, 0.717) is 11.3 Å². The average molecular weight is 218 g/mol. The number of hydrogen-bond acceptors (Lipinski definition) is 3. The maximum atomic E-state index is 11.4. The van der Waals surface area contributed by atoms with Crippen LogP contribution in [0.25, 0.3) is 11.3 Å². The number of primary amides is 1. The summed E-state index contributed by atoms with van der Waals surface area (Å²) in [5.41, 5.74) is 5.44. The Kier molecular flexibility index (Phi) is 2.36. The Morgan fingerprint density at radius 1 is 1.31 bits per heavy atom. The molecule has 1 aromatic carbocycles. The Morgan fingerprint density at radius 2 is 1.94 bits per heavy atom. The molecule has 0 aliphatic rings. The minimum absolute atomic E-state index is 0.117. The number of nitrogens with zero attached hydrogens (tertiary/aromatic N) is 1. The molecule has 5 nitrogen and oxygen atoms in total. The number of hydrogen-bond donors (Lipinski definition) is 1. The van der Waals surface area contributed by atoms with E-state index in [9.17, 15) is 9.59 Å². The van der Waals surface area contributed by atoms with Crippen LogP contribution in [0.1, 0.15) is 10.4 Å². The minimum atomic E-state index is -0.784. The van der Waals surface area contributed by atoms with Crippen LogP contribution in [-0.4, -0.2) is 10.6 Å². The molecule has 82 valence electrons. The number of benzene rings is 1. The van der Waals surface area contributed by atoms with Gasteiger partial charge in [0, 0.05) is 12.6 Å². The van der Waals surface area contributed by atoms with Crippen molar-refractivity contribution in [1.82, 2.24) is 4.74 Å². The Balaban J connectivity index is 2.75. The van der Waals surface area contributed by atoms with E-state index in [2.05, 4.69) is 0 Å². The molecule has 2 rings (SSSR count). The molecule has 0 saturated heterocycles. The number of aromatic nitrogens is 1. The molecular weight excluding hydrogens is 208 g/mol. The van der Waals surface area contributed by atoms with Crippen LogP contribution in [0.2, 0.25) is 0 Å². The molecule has 1 aromatic heterocycles. The largest absolute Gasteiger partial charge is 0.370 e. The van der Waals surface area contributed by atoms with Gasteiger partial charge in [-0.3, -0.25) is 4.79 Å². The fraction of sp³-hybridized carbons (Fsp3) is 0.0909. The van der Waals surface area contributed by atoms with Crippen LogP contribution in [-0.2, 0) is 7.05 Å². The van der Waals surface area contributed by atoms with Gasteiger partial charge in [0.1, 0.15) is 5.69 Å². The smallest absolute Gasteiger partial charge is 0.365 e. The summed E-state index contributed by atoms with van der Waals surface area (Å²) >= 11 is 0. The van der Waals surface area contributed by atoms with Crippen LogP contribution in [0.4, 0.5) is 0 Å². The zero-order valence-corrected chi connectivity index (χ0v) is 8.64. The molecule has 0 radical (unpaired) electrons. The summed E-state index contributed by atoms with van der Waals surface area (Å²) in [5, 5.41) is 0. The second kappa shape index (κ2) is 3.69. The van der Waals surface area contributed by atoms with Crippen LogP contribution in [0, 0.1) is 0 Å². The zero-order chi connectivity index (χ0) is 11.7. The first kappa shape index (κ1) is 10.2. The van der Waals surface area contributed by atoms with E-state index in [-0.39, 0.29) is 5.56 Å². The summed E-state index contributed by atoms with van der Waals surface area (Å²) in [5.74, 6) is -0.784. The van der Waals surface area contributed by atoms with Crippen LogP contribution in [0.5, 0.6) is 0 Å². The molecule has 1 amide bonds. The summed E-state index contributed by atoms with van der Waals surface area (Å²) < 4.78 is 6.07. The van der Waals surface area contributed by atoms with E-state index in [1.807, 2.05) is 6.07 Å². The highest BCUT2D eigenvalue weighted by Crippen LogP contribution is 2.20. The molecule has 1 heterocycles. The van der Waals surface area contributed by atoms with Gasteiger partial charge in [0.15, 0.2) is 5.56 Å². The standard InChI is InChI=1S/C11H10N2O3/c1-13-9(7-5-3-2-4-6-7)8(10(12)14)11(15)16-13/h2-6H,1H3,(H2,12,14). The lowest BCUT2D eigenvalue weighted by molar-refractivity contribution is 0.0998. The van der Waals surface area contributed by atoms with Crippen molar-refractivity contribution in [2.24, 2.45) is 12.8 Å². The quantitative estimate of drug-likeness (QED) is 0.807. The molecule has 0 aliphatic heterocycles. The van der Waals surface area contributed by atoms with Crippen molar-refractivity contribution in [1.29, 1.82) is 0 Å². The van der Waals surface area contributed by atoms with E-state index in [1.54, 1.807) is 31.3 Å². The lowest BCUT2D eigenvalue weighted by Gasteiger charge is -2.01. The highest BCUT2D eigenvalue weighted by atomic mass is 16.5. The predicted octanol–water partition coefficient (Wildman–Crippen LogP) is 0.744. The summed E-state index contributed by atoms with van der Waals surface area (Å²) in [4.78, 5) is 22.6. The van der Waals surface area contributed by atoms with E-state index >= 15 is 0 Å². The van der Waals surface area contributed by atoms with Gasteiger partial charge in [-0.05, 0) is 0 Å². The monoisotopic (exact) mass is 218 g/mol. The van der Waals surface area contributed by atoms with E-state index in [1.165, 1.54) is 4.74 Å². The molecule has 2 aromatic rings. The maximum absolute atomic E-state index is 11.4. The number of carbonyl (C=O) groups is 1. The van der Waals surface area contributed by atoms with Crippen molar-refractivity contribution in [3.63, 3.8) is 0 Å². The topological polar surface area (TPSA) is 78.2 Å². The van der Waals surface area contributed by atoms with Gasteiger partial charge in [0.2, 0.25) is 0 Å². The normalized spacial score (nSPS) is 10.3. The Morgan fingerprint density at radius 3 is 2.50 bits per heavy atom. The third kappa shape index (κ3) is 1.52. The summed E-state index contributed by atoms with van der Waals surface area (Å²) in [6.07, 6.45) is 0. The van der Waals surface area contributed by atoms with Gasteiger partial charge < -0.3 is 10.3 Å². The summed E-state index contributed by atoms with van der Waals surface area (Å²) in [6.45, 7) is 0. The molecule has 2 N–H and O–H groups in total. The van der Waals surface area contributed by atoms with Crippen LogP contribution in [0.15, 0.2) is 39.6 Å². The fourth-order valence-corrected chi connectivity index (χ4v) is 1.61. The number of nitrogens with two attached hydrogens (primary N) is 1. The van der Waals surface area contributed by atoms with Crippen molar-refractivity contribution >= 4 is 5.91 Å². The molecule has 0 bridgehead atoms. The second-order valence-electron chi connectivity index (χ2n) is 3.33. The molecule has 5 heteroatoms. The molecule has 0 unspecified atom stereocenters. The fourth-order valence-electron chi connectivity index (χ4n) is 1.61. The predicted molar refractivity (Wildman–Crippen MR) is 57.9 cm³/mol. The first-order valence-corrected chi connectivity index (χ1v) is 4.67. The van der Waals surface area contributed by atoms with Crippen molar-refractivity contribution in [3.05, 3.63) is 46.3 Å². The Hall–Kier alpha value is -2.30. The summed E-state index contributed by atoms with van der Waals surface area (Å²) in [7, 11) is 1.55. The molecule has 0 saturated carbocycles. The molecule has 0 fully saturated rings. The van der Waals surface area contributed by atoms with E-state index in [4.69, 9.17) is 10.3 Å². The highest BCUT2D eigenvalue weighted by Gasteiger charge is 2.21. The summed E-state index contributed by atoms with van der Waals surface area (Å²) in [6, 6.07) is 8.99. The number of rotatable bonds is 2. The van der Waals surface area contributed by atoms with Gasteiger partial charge >= 0.3 is 5.63 Å². The molecule has 0 atom stereocenters. The highest BCUT2D eigenvalue weighted by molar-refractivity contribution is 5.98. The second-order valence-corrected chi connectivity index (χ2v) is 3.33. The lowest BCUT2D eigenvalue weighted by Crippen LogP contribution is -2.19. The third-order valence-electron chi connectivity index (χ3n) is 2.27. The van der Waals surface area contributed by atoms with Crippen LogP contribution >= 0.6 is 0 Å². The van der Waals surface area contributed by atoms with E-state index in [0.717, 1.165) is 0 Å². The van der Waals surface area contributed by atoms with Crippen molar-refractivity contribution in [3.8, 4) is 11.3 Å². The average Bonchev–Trinajstić information content (AvgIpc) is 2.55. The lowest BCUT2D eigenvalue weighted by atomic mass is 10.1. The number of carbonyl (C=O) groups excluding carboxylic acids is 1. The first-order chi connectivity index (χ1) is 7.61. The molecule has 16 heavy (non-hydrogen) atoms. The minimum Gasteiger partial charge on any atom is -0.365 e. The Bertz CT molecular complexity index is 581. The molecule has 0 spiro atoms. The van der Waals surface area contributed by atoms with Gasteiger partial charge in [-0.15, -0.1) is 0 Å². The van der Waals surface area contributed by atoms with Gasteiger partial charge in [0.05, 0.1) is 0 Å². The van der Waals surface area contributed by atoms with Gasteiger partial charge in [0.25, 0.3) is 5.91 Å². The molecule has 0 aliphatic carbocycles. The van der Waals surface area contributed by atoms with E-state index < -0.39 is 11.5 Å². The van der Waals surface area contributed by atoms with Crippen LogP contribution < -0.4 is 11.4 Å². The van der Waals surface area contributed by atoms with Crippen LogP contribution in [0.3, 0.4) is 0 Å². The number of amides is 1. The first-order valence-electron chi connectivity index (χ1n) is 4.67. The maximum Gasteiger partial charge on any atom is 0.370 e. The van der Waals surface area contributed by atoms with Gasteiger partial charge in [-0.25, -0.2) is 9.53 Å². The SMILES string of the molecule is Cn1oc(=O)c(C(N)=O)c1-c1ccccc1. The van der Waals surface area contributed by atoms with Gasteiger partial charge in [-0.2, -0.15) is 0 Å².